The number of nitrogens with zero attached hydrogens (tertiary/aromatic N) is 2. The van der Waals surface area contributed by atoms with Crippen molar-refractivity contribution in [3.63, 3.8) is 0 Å². The number of aromatic nitrogens is 3. The lowest BCUT2D eigenvalue weighted by Crippen LogP contribution is -2.09. The largest absolute Gasteiger partial charge is 0.435 e. The van der Waals surface area contributed by atoms with Crippen molar-refractivity contribution >= 4 is 17.2 Å². The number of aromatic amines is 1. The maximum absolute atomic E-state index is 14.8. The molecule has 0 saturated heterocycles. The normalized spacial score (nSPS) is 17.8. The first-order chi connectivity index (χ1) is 15.3. The van der Waals surface area contributed by atoms with E-state index in [1.807, 2.05) is 0 Å². The van der Waals surface area contributed by atoms with Gasteiger partial charge in [0.25, 0.3) is 0 Å². The van der Waals surface area contributed by atoms with Gasteiger partial charge in [0, 0.05) is 52.2 Å². The van der Waals surface area contributed by atoms with E-state index in [1.165, 1.54) is 48.8 Å². The van der Waals surface area contributed by atoms with Gasteiger partial charge in [0.05, 0.1) is 17.5 Å². The van der Waals surface area contributed by atoms with Crippen molar-refractivity contribution in [2.45, 2.75) is 25.1 Å². The molecule has 0 saturated carbocycles. The first-order valence-corrected chi connectivity index (χ1v) is 10.0. The lowest BCUT2D eigenvalue weighted by molar-refractivity contribution is -0.0506. The van der Waals surface area contributed by atoms with Crippen LogP contribution in [0.2, 0.25) is 5.02 Å². The van der Waals surface area contributed by atoms with Crippen molar-refractivity contribution in [1.82, 2.24) is 14.4 Å². The maximum atomic E-state index is 14.8. The number of aliphatic hydroxyl groups excluding tert-OH is 1. The first-order valence-electron chi connectivity index (χ1n) is 9.64. The highest BCUT2D eigenvalue weighted by Gasteiger charge is 2.37. The second-order valence-electron chi connectivity index (χ2n) is 7.45. The minimum Gasteiger partial charge on any atom is -0.435 e. The van der Waals surface area contributed by atoms with Crippen LogP contribution in [-0.2, 0) is 0 Å². The van der Waals surface area contributed by atoms with Crippen molar-refractivity contribution in [2.75, 3.05) is 0 Å². The van der Waals surface area contributed by atoms with Crippen LogP contribution in [0.3, 0.4) is 0 Å². The number of hydrogen-bond donors (Lipinski definition) is 2. The molecule has 0 aliphatic heterocycles. The van der Waals surface area contributed by atoms with Crippen LogP contribution in [0.1, 0.15) is 35.4 Å². The van der Waals surface area contributed by atoms with Gasteiger partial charge in [0.1, 0.15) is 17.2 Å². The molecular formula is C22H15ClF3N3O3. The molecule has 2 N–H and O–H groups in total. The number of aliphatic hydroxyl groups is 1. The van der Waals surface area contributed by atoms with Gasteiger partial charge in [-0.3, -0.25) is 4.79 Å². The summed E-state index contributed by atoms with van der Waals surface area (Å²) in [6.45, 7) is -3.04. The summed E-state index contributed by atoms with van der Waals surface area (Å²) < 4.78 is 47.1. The Bertz CT molecular complexity index is 1380. The Morgan fingerprint density at radius 3 is 2.78 bits per heavy atom. The lowest BCUT2D eigenvalue weighted by atomic mass is 9.95. The zero-order valence-electron chi connectivity index (χ0n) is 16.2. The molecule has 3 heterocycles. The van der Waals surface area contributed by atoms with Gasteiger partial charge < -0.3 is 19.2 Å². The van der Waals surface area contributed by atoms with E-state index in [0.29, 0.717) is 27.5 Å². The van der Waals surface area contributed by atoms with Gasteiger partial charge in [-0.15, -0.1) is 0 Å². The Hall–Kier alpha value is -3.30. The fourth-order valence-corrected chi connectivity index (χ4v) is 4.38. The van der Waals surface area contributed by atoms with Crippen LogP contribution >= 0.6 is 11.6 Å². The SMILES string of the molecule is O=c1ccc(-c2cn3c4c(nc3cc2F)[C@H](O)C[C@@H]4c2cc(Cl)ccc2OC(F)F)c[nH]1. The standard InChI is InChI=1S/C22H15ClF3N3O3/c23-11-2-3-17(32-22(25)26)12(5-11)13-6-16(30)20-21(13)29-9-14(15(24)7-18(29)28-20)10-1-4-19(31)27-8-10/h1-5,7-9,13,16,22,30H,6H2,(H,27,31)/t13-,16-/m1/s1. The van der Waals surface area contributed by atoms with Crippen molar-refractivity contribution < 1.29 is 23.0 Å². The zero-order valence-corrected chi connectivity index (χ0v) is 17.0. The molecule has 0 spiro atoms. The number of hydrogen-bond acceptors (Lipinski definition) is 4. The van der Waals surface area contributed by atoms with Crippen LogP contribution in [-0.4, -0.2) is 26.1 Å². The topological polar surface area (TPSA) is 79.6 Å². The summed E-state index contributed by atoms with van der Waals surface area (Å²) in [6, 6.07) is 8.28. The van der Waals surface area contributed by atoms with Gasteiger partial charge in [-0.25, -0.2) is 9.37 Å². The Morgan fingerprint density at radius 1 is 1.25 bits per heavy atom. The predicted molar refractivity (Wildman–Crippen MR) is 111 cm³/mol. The van der Waals surface area contributed by atoms with Gasteiger partial charge >= 0.3 is 6.61 Å². The van der Waals surface area contributed by atoms with E-state index in [9.17, 15) is 23.1 Å². The average molecular weight is 462 g/mol. The van der Waals surface area contributed by atoms with Gasteiger partial charge in [-0.1, -0.05) is 11.6 Å². The first kappa shape index (κ1) is 20.6. The predicted octanol–water partition coefficient (Wildman–Crippen LogP) is 4.65. The number of imidazole rings is 1. The highest BCUT2D eigenvalue weighted by Crippen LogP contribution is 2.47. The molecule has 0 radical (unpaired) electrons. The van der Waals surface area contributed by atoms with E-state index >= 15 is 0 Å². The second kappa shape index (κ2) is 7.68. The number of alkyl halides is 2. The Kier molecular flexibility index (Phi) is 4.94. The third kappa shape index (κ3) is 3.43. The van der Waals surface area contributed by atoms with E-state index in [1.54, 1.807) is 4.40 Å². The third-order valence-electron chi connectivity index (χ3n) is 5.54. The molecular weight excluding hydrogens is 447 g/mol. The van der Waals surface area contributed by atoms with Crippen molar-refractivity contribution in [3.8, 4) is 16.9 Å². The summed E-state index contributed by atoms with van der Waals surface area (Å²) in [5.74, 6) is -1.20. The molecule has 5 rings (SSSR count). The molecule has 2 atom stereocenters. The quantitative estimate of drug-likeness (QED) is 0.463. The number of benzene rings is 1. The van der Waals surface area contributed by atoms with Crippen LogP contribution in [0.4, 0.5) is 13.2 Å². The zero-order chi connectivity index (χ0) is 22.6. The summed E-state index contributed by atoms with van der Waals surface area (Å²) in [5, 5.41) is 10.9. The summed E-state index contributed by atoms with van der Waals surface area (Å²) in [4.78, 5) is 18.2. The molecule has 4 aromatic rings. The highest BCUT2D eigenvalue weighted by atomic mass is 35.5. The van der Waals surface area contributed by atoms with Crippen LogP contribution in [0.15, 0.2) is 53.6 Å². The number of H-pyrrole nitrogens is 1. The molecule has 3 aromatic heterocycles. The minimum absolute atomic E-state index is 0.0626. The maximum Gasteiger partial charge on any atom is 0.387 e. The molecule has 1 aliphatic rings. The van der Waals surface area contributed by atoms with Crippen LogP contribution in [0.25, 0.3) is 16.8 Å². The van der Waals surface area contributed by atoms with E-state index in [2.05, 4.69) is 14.7 Å². The van der Waals surface area contributed by atoms with Crippen LogP contribution in [0.5, 0.6) is 5.75 Å². The van der Waals surface area contributed by atoms with Gasteiger partial charge in [0.2, 0.25) is 5.56 Å². The van der Waals surface area contributed by atoms with Crippen molar-refractivity contribution in [3.05, 3.63) is 86.9 Å². The van der Waals surface area contributed by atoms with E-state index < -0.39 is 24.5 Å². The summed E-state index contributed by atoms with van der Waals surface area (Å²) in [5.41, 5.74) is 1.79. The van der Waals surface area contributed by atoms with Crippen LogP contribution in [0, 0.1) is 5.82 Å². The van der Waals surface area contributed by atoms with Crippen molar-refractivity contribution in [1.29, 1.82) is 0 Å². The molecule has 0 unspecified atom stereocenters. The van der Waals surface area contributed by atoms with E-state index in [-0.39, 0.29) is 28.9 Å². The summed E-state index contributed by atoms with van der Waals surface area (Å²) in [7, 11) is 0. The third-order valence-corrected chi connectivity index (χ3v) is 5.77. The van der Waals surface area contributed by atoms with Crippen LogP contribution < -0.4 is 10.3 Å². The number of nitrogens with one attached hydrogen (secondary N) is 1. The summed E-state index contributed by atoms with van der Waals surface area (Å²) in [6.07, 6.45) is 2.09. The smallest absolute Gasteiger partial charge is 0.387 e. The van der Waals surface area contributed by atoms with Crippen molar-refractivity contribution in [2.24, 2.45) is 0 Å². The Balaban J connectivity index is 1.71. The molecule has 0 amide bonds. The molecule has 10 heteroatoms. The summed E-state index contributed by atoms with van der Waals surface area (Å²) >= 11 is 6.12. The Labute approximate surface area is 183 Å². The number of rotatable bonds is 4. The molecule has 6 nitrogen and oxygen atoms in total. The molecule has 0 bridgehead atoms. The number of pyridine rings is 2. The second-order valence-corrected chi connectivity index (χ2v) is 7.89. The average Bonchev–Trinajstić information content (AvgIpc) is 3.26. The number of halogens is 4. The van der Waals surface area contributed by atoms with E-state index in [0.717, 1.165) is 0 Å². The highest BCUT2D eigenvalue weighted by molar-refractivity contribution is 6.30. The lowest BCUT2D eigenvalue weighted by Gasteiger charge is -2.18. The molecule has 32 heavy (non-hydrogen) atoms. The fourth-order valence-electron chi connectivity index (χ4n) is 4.20. The van der Waals surface area contributed by atoms with E-state index in [4.69, 9.17) is 11.6 Å². The fraction of sp³-hybridized carbons (Fsp3) is 0.182. The van der Waals surface area contributed by atoms with Gasteiger partial charge in [-0.2, -0.15) is 8.78 Å². The monoisotopic (exact) mass is 461 g/mol. The minimum atomic E-state index is -3.04. The Morgan fingerprint density at radius 2 is 2.06 bits per heavy atom. The number of fused-ring (bicyclic) bond motifs is 3. The molecule has 164 valence electrons. The van der Waals surface area contributed by atoms with Gasteiger partial charge in [-0.05, 0) is 30.7 Å². The molecule has 1 aliphatic carbocycles. The molecule has 1 aromatic carbocycles. The molecule has 0 fully saturated rings. The van der Waals surface area contributed by atoms with Gasteiger partial charge in [0.15, 0.2) is 0 Å². The number of ether oxygens (including phenoxy) is 1.